The molecular weight excluding hydrogens is 236 g/mol. The summed E-state index contributed by atoms with van der Waals surface area (Å²) in [4.78, 5) is 11.0. The van der Waals surface area contributed by atoms with E-state index in [1.54, 1.807) is 6.33 Å². The average molecular weight is 262 g/mol. The molecule has 0 aromatic carbocycles. The van der Waals surface area contributed by atoms with Crippen LogP contribution in [0.25, 0.3) is 0 Å². The summed E-state index contributed by atoms with van der Waals surface area (Å²) in [6.45, 7) is 5.28. The van der Waals surface area contributed by atoms with Crippen molar-refractivity contribution >= 4 is 11.6 Å². The van der Waals surface area contributed by atoms with E-state index in [1.807, 2.05) is 0 Å². The fourth-order valence-corrected chi connectivity index (χ4v) is 2.95. The molecule has 1 aliphatic carbocycles. The average Bonchev–Trinajstić information content (AvgIpc) is 2.47. The van der Waals surface area contributed by atoms with Gasteiger partial charge in [-0.25, -0.2) is 9.97 Å². The fourth-order valence-electron chi connectivity index (χ4n) is 2.95. The van der Waals surface area contributed by atoms with Crippen molar-refractivity contribution in [3.05, 3.63) is 12.4 Å². The summed E-state index contributed by atoms with van der Waals surface area (Å²) in [5, 5.41) is 3.24. The smallest absolute Gasteiger partial charge is 0.134 e. The van der Waals surface area contributed by atoms with Gasteiger partial charge in [0.25, 0.3) is 0 Å². The Hall–Kier alpha value is -1.32. The van der Waals surface area contributed by atoms with Gasteiger partial charge in [-0.1, -0.05) is 13.3 Å². The zero-order chi connectivity index (χ0) is 13.7. The van der Waals surface area contributed by atoms with Crippen LogP contribution in [0.4, 0.5) is 11.6 Å². The molecule has 0 aliphatic heterocycles. The van der Waals surface area contributed by atoms with E-state index in [4.69, 9.17) is 0 Å². The molecule has 19 heavy (non-hydrogen) atoms. The highest BCUT2D eigenvalue weighted by molar-refractivity contribution is 5.48. The molecule has 0 saturated heterocycles. The summed E-state index contributed by atoms with van der Waals surface area (Å²) >= 11 is 0. The lowest BCUT2D eigenvalue weighted by Crippen LogP contribution is -2.35. The van der Waals surface area contributed by atoms with E-state index in [-0.39, 0.29) is 0 Å². The van der Waals surface area contributed by atoms with Gasteiger partial charge in [0.1, 0.15) is 18.0 Å². The Morgan fingerprint density at radius 1 is 1.21 bits per heavy atom. The third-order valence-electron chi connectivity index (χ3n) is 4.31. The van der Waals surface area contributed by atoms with Crippen LogP contribution in [0.15, 0.2) is 12.4 Å². The quantitative estimate of drug-likeness (QED) is 0.884. The number of rotatable bonds is 5. The molecule has 4 nitrogen and oxygen atoms in total. The lowest BCUT2D eigenvalue weighted by Gasteiger charge is -2.35. The van der Waals surface area contributed by atoms with Gasteiger partial charge in [-0.05, 0) is 38.5 Å². The van der Waals surface area contributed by atoms with Gasteiger partial charge in [-0.3, -0.25) is 0 Å². The first-order valence-electron chi connectivity index (χ1n) is 7.53. The zero-order valence-corrected chi connectivity index (χ0v) is 12.4. The molecule has 1 aliphatic rings. The molecule has 0 radical (unpaired) electrons. The minimum atomic E-state index is 0.632. The number of hydrogen-bond donors (Lipinski definition) is 1. The maximum absolute atomic E-state index is 4.41. The van der Waals surface area contributed by atoms with E-state index < -0.39 is 0 Å². The van der Waals surface area contributed by atoms with Crippen molar-refractivity contribution in [2.24, 2.45) is 5.92 Å². The monoisotopic (exact) mass is 262 g/mol. The summed E-state index contributed by atoms with van der Waals surface area (Å²) in [5.41, 5.74) is 0. The maximum Gasteiger partial charge on any atom is 0.134 e. The summed E-state index contributed by atoms with van der Waals surface area (Å²) in [7, 11) is 2.16. The van der Waals surface area contributed by atoms with Gasteiger partial charge in [0.15, 0.2) is 0 Å². The number of nitrogens with one attached hydrogen (secondary N) is 1. The van der Waals surface area contributed by atoms with Crippen LogP contribution in [0, 0.1) is 5.92 Å². The van der Waals surface area contributed by atoms with Crippen LogP contribution in [0.1, 0.15) is 46.0 Å². The summed E-state index contributed by atoms with van der Waals surface area (Å²) in [6.07, 6.45) is 8.27. The SMILES string of the molecule is CCNc1cc(N(C)C2CCC(CC)CC2)ncn1. The Morgan fingerprint density at radius 2 is 1.95 bits per heavy atom. The molecule has 0 bridgehead atoms. The van der Waals surface area contributed by atoms with Gasteiger partial charge in [0.05, 0.1) is 0 Å². The Bertz CT molecular complexity index is 385. The molecule has 4 heteroatoms. The lowest BCUT2D eigenvalue weighted by molar-refractivity contribution is 0.313. The fraction of sp³-hybridized carbons (Fsp3) is 0.733. The Morgan fingerprint density at radius 3 is 2.58 bits per heavy atom. The van der Waals surface area contributed by atoms with Crippen molar-refractivity contribution in [2.45, 2.75) is 52.0 Å². The van der Waals surface area contributed by atoms with Gasteiger partial charge in [0.2, 0.25) is 0 Å². The van der Waals surface area contributed by atoms with E-state index in [1.165, 1.54) is 32.1 Å². The molecule has 1 N–H and O–H groups in total. The predicted octanol–water partition coefficient (Wildman–Crippen LogP) is 3.31. The second kappa shape index (κ2) is 6.73. The van der Waals surface area contributed by atoms with Gasteiger partial charge in [-0.15, -0.1) is 0 Å². The maximum atomic E-state index is 4.41. The van der Waals surface area contributed by atoms with Crippen molar-refractivity contribution in [3.8, 4) is 0 Å². The molecule has 106 valence electrons. The highest BCUT2D eigenvalue weighted by Crippen LogP contribution is 2.30. The highest BCUT2D eigenvalue weighted by Gasteiger charge is 2.23. The van der Waals surface area contributed by atoms with Gasteiger partial charge < -0.3 is 10.2 Å². The molecule has 2 rings (SSSR count). The van der Waals surface area contributed by atoms with E-state index in [2.05, 4.69) is 47.1 Å². The molecule has 0 atom stereocenters. The normalized spacial score (nSPS) is 23.1. The minimum Gasteiger partial charge on any atom is -0.370 e. The molecule has 1 aromatic heterocycles. The van der Waals surface area contributed by atoms with Crippen molar-refractivity contribution in [1.29, 1.82) is 0 Å². The Labute approximate surface area is 116 Å². The van der Waals surface area contributed by atoms with Gasteiger partial charge in [0, 0.05) is 25.7 Å². The Kier molecular flexibility index (Phi) is 5.00. The standard InChI is InChI=1S/C15H26N4/c1-4-12-6-8-13(9-7-12)19(3)15-10-14(16-5-2)17-11-18-15/h10-13H,4-9H2,1-3H3,(H,16,17,18). The molecule has 0 amide bonds. The van der Waals surface area contributed by atoms with Crippen LogP contribution < -0.4 is 10.2 Å². The summed E-state index contributed by atoms with van der Waals surface area (Å²) in [5.74, 6) is 2.89. The number of hydrogen-bond acceptors (Lipinski definition) is 4. The largest absolute Gasteiger partial charge is 0.370 e. The molecular formula is C15H26N4. The zero-order valence-electron chi connectivity index (χ0n) is 12.4. The molecule has 1 saturated carbocycles. The van der Waals surface area contributed by atoms with E-state index in [0.29, 0.717) is 6.04 Å². The number of aromatic nitrogens is 2. The third kappa shape index (κ3) is 3.58. The number of nitrogens with zero attached hydrogens (tertiary/aromatic N) is 3. The molecule has 1 aromatic rings. The topological polar surface area (TPSA) is 41.0 Å². The second-order valence-electron chi connectivity index (χ2n) is 5.49. The number of anilines is 2. The van der Waals surface area contributed by atoms with Crippen molar-refractivity contribution in [2.75, 3.05) is 23.8 Å². The molecule has 0 unspecified atom stereocenters. The second-order valence-corrected chi connectivity index (χ2v) is 5.49. The summed E-state index contributed by atoms with van der Waals surface area (Å²) < 4.78 is 0. The predicted molar refractivity (Wildman–Crippen MR) is 80.6 cm³/mol. The van der Waals surface area contributed by atoms with E-state index in [0.717, 1.165) is 24.1 Å². The van der Waals surface area contributed by atoms with E-state index >= 15 is 0 Å². The highest BCUT2D eigenvalue weighted by atomic mass is 15.2. The first-order chi connectivity index (χ1) is 9.24. The summed E-state index contributed by atoms with van der Waals surface area (Å²) in [6, 6.07) is 2.68. The third-order valence-corrected chi connectivity index (χ3v) is 4.31. The lowest BCUT2D eigenvalue weighted by atomic mass is 9.84. The first-order valence-corrected chi connectivity index (χ1v) is 7.53. The van der Waals surface area contributed by atoms with Crippen LogP contribution in [0.2, 0.25) is 0 Å². The van der Waals surface area contributed by atoms with Crippen LogP contribution in [-0.2, 0) is 0 Å². The van der Waals surface area contributed by atoms with Crippen molar-refractivity contribution < 1.29 is 0 Å². The van der Waals surface area contributed by atoms with Crippen molar-refractivity contribution in [3.63, 3.8) is 0 Å². The molecule has 1 fully saturated rings. The minimum absolute atomic E-state index is 0.632. The molecule has 1 heterocycles. The van der Waals surface area contributed by atoms with E-state index in [9.17, 15) is 0 Å². The Balaban J connectivity index is 1.99. The van der Waals surface area contributed by atoms with Gasteiger partial charge >= 0.3 is 0 Å². The van der Waals surface area contributed by atoms with Gasteiger partial charge in [-0.2, -0.15) is 0 Å². The van der Waals surface area contributed by atoms with Crippen LogP contribution in [0.3, 0.4) is 0 Å². The van der Waals surface area contributed by atoms with Crippen LogP contribution >= 0.6 is 0 Å². The first kappa shape index (κ1) is 14.1. The van der Waals surface area contributed by atoms with Crippen LogP contribution in [-0.4, -0.2) is 29.6 Å². The van der Waals surface area contributed by atoms with Crippen LogP contribution in [0.5, 0.6) is 0 Å². The molecule has 0 spiro atoms. The van der Waals surface area contributed by atoms with Crippen molar-refractivity contribution in [1.82, 2.24) is 9.97 Å².